The summed E-state index contributed by atoms with van der Waals surface area (Å²) >= 11 is 0. The van der Waals surface area contributed by atoms with Crippen LogP contribution in [0.5, 0.6) is 17.2 Å². The number of halogens is 1. The molecule has 116 valence electrons. The minimum absolute atomic E-state index is 0.0465. The van der Waals surface area contributed by atoms with Gasteiger partial charge in [-0.15, -0.1) is 0 Å². The Morgan fingerprint density at radius 3 is 2.77 bits per heavy atom. The first kappa shape index (κ1) is 14.7. The summed E-state index contributed by atoms with van der Waals surface area (Å²) in [6, 6.07) is 10.3. The molecule has 2 aromatic rings. The van der Waals surface area contributed by atoms with Crippen LogP contribution < -0.4 is 19.9 Å². The molecule has 5 heteroatoms. The van der Waals surface area contributed by atoms with Gasteiger partial charge in [-0.3, -0.25) is 0 Å². The van der Waals surface area contributed by atoms with E-state index in [4.69, 9.17) is 19.9 Å². The number of fused-ring (bicyclic) bond motifs is 1. The summed E-state index contributed by atoms with van der Waals surface area (Å²) in [6.45, 7) is 0.684. The van der Waals surface area contributed by atoms with Crippen molar-refractivity contribution in [3.05, 3.63) is 53.3 Å². The van der Waals surface area contributed by atoms with Crippen molar-refractivity contribution in [3.63, 3.8) is 0 Å². The van der Waals surface area contributed by atoms with Gasteiger partial charge in [-0.2, -0.15) is 0 Å². The molecule has 0 saturated heterocycles. The summed E-state index contributed by atoms with van der Waals surface area (Å²) in [5.74, 6) is 1.90. The van der Waals surface area contributed by atoms with Crippen molar-refractivity contribution in [3.8, 4) is 17.2 Å². The molecule has 0 aliphatic carbocycles. The Balaban J connectivity index is 1.87. The number of nitrogens with two attached hydrogens (primary N) is 1. The van der Waals surface area contributed by atoms with Gasteiger partial charge in [-0.1, -0.05) is 6.07 Å². The average molecular weight is 303 g/mol. The monoisotopic (exact) mass is 303 g/mol. The van der Waals surface area contributed by atoms with Gasteiger partial charge in [0.15, 0.2) is 11.5 Å². The standard InChI is InChI=1S/C17H18FNO3/c1-20-15-5-3-14(18)7-12(15)6-13(9-19)11-2-4-16-17(8-11)22-10-21-16/h2-5,7-8,13H,6,9-10,19H2,1H3. The van der Waals surface area contributed by atoms with Crippen LogP contribution in [0.15, 0.2) is 36.4 Å². The highest BCUT2D eigenvalue weighted by molar-refractivity contribution is 5.46. The van der Waals surface area contributed by atoms with Crippen LogP contribution in [0.2, 0.25) is 0 Å². The average Bonchev–Trinajstić information content (AvgIpc) is 3.00. The molecule has 22 heavy (non-hydrogen) atoms. The van der Waals surface area contributed by atoms with Gasteiger partial charge in [-0.05, 0) is 54.4 Å². The Kier molecular flexibility index (Phi) is 4.15. The summed E-state index contributed by atoms with van der Waals surface area (Å²) in [7, 11) is 1.58. The maximum absolute atomic E-state index is 13.5. The molecule has 1 heterocycles. The fourth-order valence-corrected chi connectivity index (χ4v) is 2.68. The summed E-state index contributed by atoms with van der Waals surface area (Å²) in [4.78, 5) is 0. The molecule has 0 radical (unpaired) electrons. The van der Waals surface area contributed by atoms with Crippen LogP contribution in [0.4, 0.5) is 4.39 Å². The lowest BCUT2D eigenvalue weighted by molar-refractivity contribution is 0.174. The fourth-order valence-electron chi connectivity index (χ4n) is 2.68. The lowest BCUT2D eigenvalue weighted by atomic mass is 9.91. The molecule has 4 nitrogen and oxygen atoms in total. The first-order valence-electron chi connectivity index (χ1n) is 7.13. The molecule has 0 saturated carbocycles. The zero-order valence-corrected chi connectivity index (χ0v) is 12.3. The number of rotatable bonds is 5. The third-order valence-electron chi connectivity index (χ3n) is 3.86. The van der Waals surface area contributed by atoms with Gasteiger partial charge >= 0.3 is 0 Å². The molecule has 1 aliphatic heterocycles. The predicted molar refractivity (Wildman–Crippen MR) is 81.0 cm³/mol. The zero-order chi connectivity index (χ0) is 15.5. The lowest BCUT2D eigenvalue weighted by Crippen LogP contribution is -2.15. The van der Waals surface area contributed by atoms with Crippen LogP contribution in [0.3, 0.4) is 0 Å². The molecule has 2 aromatic carbocycles. The highest BCUT2D eigenvalue weighted by Gasteiger charge is 2.19. The Morgan fingerprint density at radius 2 is 2.00 bits per heavy atom. The molecule has 2 N–H and O–H groups in total. The number of ether oxygens (including phenoxy) is 3. The maximum atomic E-state index is 13.5. The number of methoxy groups -OCH3 is 1. The summed E-state index contributed by atoms with van der Waals surface area (Å²) in [5, 5.41) is 0. The Hall–Kier alpha value is -2.27. The van der Waals surface area contributed by atoms with Crippen molar-refractivity contribution >= 4 is 0 Å². The first-order chi connectivity index (χ1) is 10.7. The van der Waals surface area contributed by atoms with Gasteiger partial charge in [0, 0.05) is 5.92 Å². The molecular weight excluding hydrogens is 285 g/mol. The van der Waals surface area contributed by atoms with E-state index in [2.05, 4.69) is 0 Å². The Morgan fingerprint density at radius 1 is 1.18 bits per heavy atom. The van der Waals surface area contributed by atoms with Crippen molar-refractivity contribution in [2.45, 2.75) is 12.3 Å². The molecule has 0 bridgehead atoms. The zero-order valence-electron chi connectivity index (χ0n) is 12.3. The van der Waals surface area contributed by atoms with Crippen molar-refractivity contribution in [1.29, 1.82) is 0 Å². The van der Waals surface area contributed by atoms with Crippen molar-refractivity contribution in [2.24, 2.45) is 5.73 Å². The van der Waals surface area contributed by atoms with Gasteiger partial charge in [0.2, 0.25) is 6.79 Å². The van der Waals surface area contributed by atoms with E-state index in [9.17, 15) is 4.39 Å². The van der Waals surface area contributed by atoms with E-state index in [1.54, 1.807) is 13.2 Å². The van der Waals surface area contributed by atoms with Crippen LogP contribution >= 0.6 is 0 Å². The predicted octanol–water partition coefficient (Wildman–Crippen LogP) is 2.85. The van der Waals surface area contributed by atoms with Crippen LogP contribution in [0, 0.1) is 5.82 Å². The van der Waals surface area contributed by atoms with Crippen LogP contribution in [-0.2, 0) is 6.42 Å². The van der Waals surface area contributed by atoms with E-state index in [0.29, 0.717) is 18.7 Å². The Labute approximate surface area is 128 Å². The van der Waals surface area contributed by atoms with E-state index >= 15 is 0 Å². The largest absolute Gasteiger partial charge is 0.496 e. The molecule has 0 amide bonds. The second kappa shape index (κ2) is 6.23. The van der Waals surface area contributed by atoms with E-state index in [-0.39, 0.29) is 18.5 Å². The smallest absolute Gasteiger partial charge is 0.231 e. The van der Waals surface area contributed by atoms with Gasteiger partial charge in [0.1, 0.15) is 11.6 Å². The quantitative estimate of drug-likeness (QED) is 0.923. The van der Waals surface area contributed by atoms with E-state index in [1.165, 1.54) is 12.1 Å². The van der Waals surface area contributed by atoms with Gasteiger partial charge in [0.25, 0.3) is 0 Å². The van der Waals surface area contributed by atoms with E-state index in [1.807, 2.05) is 18.2 Å². The second-order valence-corrected chi connectivity index (χ2v) is 5.21. The molecular formula is C17H18FNO3. The van der Waals surface area contributed by atoms with Gasteiger partial charge < -0.3 is 19.9 Å². The molecule has 0 spiro atoms. The third kappa shape index (κ3) is 2.85. The van der Waals surface area contributed by atoms with Crippen LogP contribution in [0.1, 0.15) is 17.0 Å². The minimum Gasteiger partial charge on any atom is -0.496 e. The summed E-state index contributed by atoms with van der Waals surface area (Å²) < 4.78 is 29.5. The van der Waals surface area contributed by atoms with E-state index < -0.39 is 0 Å². The molecule has 0 aromatic heterocycles. The molecule has 1 aliphatic rings. The summed E-state index contributed by atoms with van der Waals surface area (Å²) in [5.41, 5.74) is 7.76. The first-order valence-corrected chi connectivity index (χ1v) is 7.13. The Bertz CT molecular complexity index is 675. The molecule has 3 rings (SSSR count). The third-order valence-corrected chi connectivity index (χ3v) is 3.86. The molecule has 1 unspecified atom stereocenters. The van der Waals surface area contributed by atoms with Gasteiger partial charge in [0.05, 0.1) is 7.11 Å². The normalized spacial score (nSPS) is 14.0. The summed E-state index contributed by atoms with van der Waals surface area (Å²) in [6.07, 6.45) is 0.594. The molecule has 0 fully saturated rings. The minimum atomic E-state index is -0.280. The van der Waals surface area contributed by atoms with E-state index in [0.717, 1.165) is 22.6 Å². The van der Waals surface area contributed by atoms with Crippen LogP contribution in [-0.4, -0.2) is 20.4 Å². The highest BCUT2D eigenvalue weighted by Crippen LogP contribution is 2.36. The van der Waals surface area contributed by atoms with Crippen molar-refractivity contribution in [2.75, 3.05) is 20.4 Å². The fraction of sp³-hybridized carbons (Fsp3) is 0.294. The van der Waals surface area contributed by atoms with Crippen molar-refractivity contribution in [1.82, 2.24) is 0 Å². The number of hydrogen-bond acceptors (Lipinski definition) is 4. The number of benzene rings is 2. The van der Waals surface area contributed by atoms with Crippen molar-refractivity contribution < 1.29 is 18.6 Å². The second-order valence-electron chi connectivity index (χ2n) is 5.21. The SMILES string of the molecule is COc1ccc(F)cc1CC(CN)c1ccc2c(c1)OCO2. The lowest BCUT2D eigenvalue weighted by Gasteiger charge is -2.17. The maximum Gasteiger partial charge on any atom is 0.231 e. The number of hydrogen-bond donors (Lipinski definition) is 1. The highest BCUT2D eigenvalue weighted by atomic mass is 19.1. The topological polar surface area (TPSA) is 53.7 Å². The van der Waals surface area contributed by atoms with Crippen LogP contribution in [0.25, 0.3) is 0 Å². The van der Waals surface area contributed by atoms with Gasteiger partial charge in [-0.25, -0.2) is 4.39 Å². The molecule has 1 atom stereocenters.